The zero-order chi connectivity index (χ0) is 19.0. The number of benzene rings is 1. The molecule has 1 unspecified atom stereocenters. The first-order chi connectivity index (χ1) is 12.5. The maximum atomic E-state index is 10.6. The summed E-state index contributed by atoms with van der Waals surface area (Å²) in [5.74, 6) is 1.61. The number of thiophene rings is 1. The number of nitrogens with zero attached hydrogens (tertiary/aromatic N) is 1. The van der Waals surface area contributed by atoms with Gasteiger partial charge in [0.2, 0.25) is 0 Å². The molecular formula is C20H30IN3O2S. The fourth-order valence-electron chi connectivity index (χ4n) is 2.66. The second-order valence-electron chi connectivity index (χ2n) is 6.44. The van der Waals surface area contributed by atoms with Crippen molar-refractivity contribution in [3.63, 3.8) is 0 Å². The van der Waals surface area contributed by atoms with E-state index in [0.29, 0.717) is 12.5 Å². The average molecular weight is 503 g/mol. The van der Waals surface area contributed by atoms with E-state index in [4.69, 9.17) is 4.74 Å². The van der Waals surface area contributed by atoms with Crippen LogP contribution in [-0.4, -0.2) is 37.8 Å². The van der Waals surface area contributed by atoms with E-state index in [0.717, 1.165) is 30.1 Å². The maximum Gasteiger partial charge on any atom is 0.191 e. The van der Waals surface area contributed by atoms with Gasteiger partial charge in [-0.25, -0.2) is 4.99 Å². The zero-order valence-electron chi connectivity index (χ0n) is 16.4. The smallest absolute Gasteiger partial charge is 0.191 e. The van der Waals surface area contributed by atoms with E-state index in [2.05, 4.69) is 28.6 Å². The van der Waals surface area contributed by atoms with Gasteiger partial charge in [0, 0.05) is 18.0 Å². The van der Waals surface area contributed by atoms with Crippen LogP contribution in [0.4, 0.5) is 0 Å². The van der Waals surface area contributed by atoms with Gasteiger partial charge < -0.3 is 20.5 Å². The fourth-order valence-corrected chi connectivity index (χ4v) is 3.44. The van der Waals surface area contributed by atoms with Crippen LogP contribution in [0.1, 0.15) is 29.9 Å². The summed E-state index contributed by atoms with van der Waals surface area (Å²) < 4.78 is 5.43. The second kappa shape index (κ2) is 11.5. The summed E-state index contributed by atoms with van der Waals surface area (Å²) >= 11 is 1.54. The number of aliphatic hydroxyl groups is 1. The van der Waals surface area contributed by atoms with Crippen LogP contribution in [0.3, 0.4) is 0 Å². The highest BCUT2D eigenvalue weighted by Gasteiger charge is 2.23. The number of nitrogens with one attached hydrogen (secondary N) is 2. The van der Waals surface area contributed by atoms with E-state index in [9.17, 15) is 5.11 Å². The summed E-state index contributed by atoms with van der Waals surface area (Å²) in [5.41, 5.74) is 1.42. The minimum absolute atomic E-state index is 0. The Morgan fingerprint density at radius 2 is 2.07 bits per heavy atom. The van der Waals surface area contributed by atoms with E-state index in [1.165, 1.54) is 11.1 Å². The third-order valence-corrected chi connectivity index (χ3v) is 5.19. The number of hydrogen-bond donors (Lipinski definition) is 3. The molecule has 0 aliphatic rings. The van der Waals surface area contributed by atoms with E-state index >= 15 is 0 Å². The molecule has 1 aromatic heterocycles. The van der Waals surface area contributed by atoms with Gasteiger partial charge in [-0.1, -0.05) is 23.8 Å². The SMILES string of the molecule is CCNC(=NCC(C)(O)c1cccs1)NCCc1cc(C)ccc1OC.I. The van der Waals surface area contributed by atoms with Crippen molar-refractivity contribution in [2.45, 2.75) is 32.8 Å². The minimum Gasteiger partial charge on any atom is -0.496 e. The average Bonchev–Trinajstić information content (AvgIpc) is 3.15. The van der Waals surface area contributed by atoms with Crippen LogP contribution in [0.25, 0.3) is 0 Å². The molecule has 150 valence electrons. The van der Waals surface area contributed by atoms with Gasteiger partial charge in [-0.2, -0.15) is 0 Å². The Hall–Kier alpha value is -1.32. The lowest BCUT2D eigenvalue weighted by Crippen LogP contribution is -2.39. The van der Waals surface area contributed by atoms with E-state index in [-0.39, 0.29) is 24.0 Å². The summed E-state index contributed by atoms with van der Waals surface area (Å²) in [4.78, 5) is 5.47. The van der Waals surface area contributed by atoms with Gasteiger partial charge >= 0.3 is 0 Å². The molecule has 0 bridgehead atoms. The number of aryl methyl sites for hydroxylation is 1. The summed E-state index contributed by atoms with van der Waals surface area (Å²) in [6.07, 6.45) is 0.830. The zero-order valence-corrected chi connectivity index (χ0v) is 19.6. The van der Waals surface area contributed by atoms with Crippen molar-refractivity contribution in [2.24, 2.45) is 4.99 Å². The van der Waals surface area contributed by atoms with Gasteiger partial charge in [-0.15, -0.1) is 35.3 Å². The van der Waals surface area contributed by atoms with Crippen LogP contribution < -0.4 is 15.4 Å². The highest BCUT2D eigenvalue weighted by Crippen LogP contribution is 2.25. The molecule has 0 spiro atoms. The predicted octanol–water partition coefficient (Wildman–Crippen LogP) is 3.69. The van der Waals surface area contributed by atoms with Crippen LogP contribution in [0.2, 0.25) is 0 Å². The normalized spacial score (nSPS) is 13.4. The molecule has 27 heavy (non-hydrogen) atoms. The third-order valence-electron chi connectivity index (χ3n) is 4.06. The van der Waals surface area contributed by atoms with Gasteiger partial charge in [0.15, 0.2) is 5.96 Å². The quantitative estimate of drug-likeness (QED) is 0.292. The molecule has 2 aromatic rings. The highest BCUT2D eigenvalue weighted by atomic mass is 127. The Bertz CT molecular complexity index is 718. The van der Waals surface area contributed by atoms with E-state index < -0.39 is 5.60 Å². The molecule has 5 nitrogen and oxygen atoms in total. The molecule has 0 saturated heterocycles. The highest BCUT2D eigenvalue weighted by molar-refractivity contribution is 14.0. The predicted molar refractivity (Wildman–Crippen MR) is 125 cm³/mol. The molecular weight excluding hydrogens is 473 g/mol. The van der Waals surface area contributed by atoms with E-state index in [1.54, 1.807) is 25.4 Å². The topological polar surface area (TPSA) is 65.9 Å². The number of aliphatic imine (C=N–C) groups is 1. The van der Waals surface area contributed by atoms with Gasteiger partial charge in [-0.05, 0) is 50.3 Å². The van der Waals surface area contributed by atoms with Crippen molar-refractivity contribution in [3.05, 3.63) is 51.7 Å². The van der Waals surface area contributed by atoms with Crippen molar-refractivity contribution in [1.29, 1.82) is 0 Å². The molecule has 0 saturated carbocycles. The molecule has 0 radical (unpaired) electrons. The van der Waals surface area contributed by atoms with Crippen molar-refractivity contribution >= 4 is 41.3 Å². The van der Waals surface area contributed by atoms with Crippen molar-refractivity contribution in [3.8, 4) is 5.75 Å². The minimum atomic E-state index is -0.962. The second-order valence-corrected chi connectivity index (χ2v) is 7.39. The lowest BCUT2D eigenvalue weighted by Gasteiger charge is -2.20. The number of guanidine groups is 1. The monoisotopic (exact) mass is 503 g/mol. The Kier molecular flexibility index (Phi) is 10.1. The van der Waals surface area contributed by atoms with Crippen LogP contribution >= 0.6 is 35.3 Å². The molecule has 7 heteroatoms. The van der Waals surface area contributed by atoms with Crippen LogP contribution in [-0.2, 0) is 12.0 Å². The number of methoxy groups -OCH3 is 1. The van der Waals surface area contributed by atoms with Gasteiger partial charge in [-0.3, -0.25) is 0 Å². The van der Waals surface area contributed by atoms with Crippen LogP contribution in [0.15, 0.2) is 40.7 Å². The van der Waals surface area contributed by atoms with Gasteiger partial charge in [0.1, 0.15) is 11.4 Å². The van der Waals surface area contributed by atoms with Gasteiger partial charge in [0.05, 0.1) is 13.7 Å². The molecule has 1 heterocycles. The lowest BCUT2D eigenvalue weighted by molar-refractivity contribution is 0.0711. The van der Waals surface area contributed by atoms with Gasteiger partial charge in [0.25, 0.3) is 0 Å². The Morgan fingerprint density at radius 3 is 2.70 bits per heavy atom. The largest absolute Gasteiger partial charge is 0.496 e. The Balaban J connectivity index is 0.00000364. The first-order valence-corrected chi connectivity index (χ1v) is 9.76. The summed E-state index contributed by atoms with van der Waals surface area (Å²) in [6, 6.07) is 10.1. The third kappa shape index (κ3) is 7.31. The van der Waals surface area contributed by atoms with E-state index in [1.807, 2.05) is 36.6 Å². The lowest BCUT2D eigenvalue weighted by atomic mass is 10.1. The van der Waals surface area contributed by atoms with Crippen molar-refractivity contribution in [1.82, 2.24) is 10.6 Å². The molecule has 0 aliphatic heterocycles. The number of rotatable bonds is 8. The number of hydrogen-bond acceptors (Lipinski definition) is 4. The molecule has 0 fully saturated rings. The number of ether oxygens (including phenoxy) is 1. The molecule has 3 N–H and O–H groups in total. The fraction of sp³-hybridized carbons (Fsp3) is 0.450. The van der Waals surface area contributed by atoms with Crippen molar-refractivity contribution < 1.29 is 9.84 Å². The first-order valence-electron chi connectivity index (χ1n) is 8.88. The summed E-state index contributed by atoms with van der Waals surface area (Å²) in [6.45, 7) is 7.69. The van der Waals surface area contributed by atoms with Crippen LogP contribution in [0.5, 0.6) is 5.75 Å². The molecule has 1 aromatic carbocycles. The Morgan fingerprint density at radius 1 is 1.30 bits per heavy atom. The Labute approximate surface area is 183 Å². The van der Waals surface area contributed by atoms with Crippen LogP contribution in [0, 0.1) is 6.92 Å². The summed E-state index contributed by atoms with van der Waals surface area (Å²) in [7, 11) is 1.69. The molecule has 2 rings (SSSR count). The van der Waals surface area contributed by atoms with Crippen molar-refractivity contribution in [2.75, 3.05) is 26.7 Å². The number of halogens is 1. The summed E-state index contributed by atoms with van der Waals surface area (Å²) in [5, 5.41) is 19.1. The molecule has 0 amide bonds. The standard InChI is InChI=1S/C20H29N3O2S.HI/c1-5-21-19(23-14-20(3,24)18-7-6-12-26-18)22-11-10-16-13-15(2)8-9-17(16)25-4;/h6-9,12-13,24H,5,10-11,14H2,1-4H3,(H2,21,22,23);1H. The molecule has 1 atom stereocenters. The first kappa shape index (κ1) is 23.7. The molecule has 0 aliphatic carbocycles. The maximum absolute atomic E-state index is 10.6.